The molecule has 1 aromatic heterocycles. The fraction of sp³-hybridized carbons (Fsp3) is 0.556. The molecule has 1 rings (SSSR count). The summed E-state index contributed by atoms with van der Waals surface area (Å²) in [5.41, 5.74) is 6.05. The molecule has 0 spiro atoms. The molecule has 15 heavy (non-hydrogen) atoms. The molecular weight excluding hydrogens is 196 g/mol. The minimum absolute atomic E-state index is 0.382. The summed E-state index contributed by atoms with van der Waals surface area (Å²) in [5.74, 6) is 0.382. The lowest BCUT2D eigenvalue weighted by Crippen LogP contribution is -2.12. The fourth-order valence-electron chi connectivity index (χ4n) is 1.05. The van der Waals surface area contributed by atoms with Crippen LogP contribution in [0.3, 0.4) is 0 Å². The maximum absolute atomic E-state index is 8.64. The summed E-state index contributed by atoms with van der Waals surface area (Å²) in [6.45, 7) is 2.15. The summed E-state index contributed by atoms with van der Waals surface area (Å²) < 4.78 is 11.6. The lowest BCUT2D eigenvalue weighted by molar-refractivity contribution is 0.0656. The van der Waals surface area contributed by atoms with Crippen LogP contribution in [0.1, 0.15) is 5.56 Å². The molecule has 0 aliphatic carbocycles. The Morgan fingerprint density at radius 3 is 2.93 bits per heavy atom. The normalized spacial score (nSPS) is 10.1. The molecule has 1 aromatic rings. The SMILES string of the molecule is COCCOCCn1ncc(C#N)c1N. The molecule has 6 nitrogen and oxygen atoms in total. The van der Waals surface area contributed by atoms with Gasteiger partial charge in [-0.15, -0.1) is 0 Å². The standard InChI is InChI=1S/C9H14N4O2/c1-14-4-5-15-3-2-13-9(11)8(6-10)7-12-13/h7H,2-5,11H2,1H3. The van der Waals surface area contributed by atoms with E-state index in [4.69, 9.17) is 20.5 Å². The smallest absolute Gasteiger partial charge is 0.139 e. The molecule has 0 saturated carbocycles. The van der Waals surface area contributed by atoms with Crippen LogP contribution in [-0.2, 0) is 16.0 Å². The van der Waals surface area contributed by atoms with Crippen LogP contribution in [0.4, 0.5) is 5.82 Å². The highest BCUT2D eigenvalue weighted by Crippen LogP contribution is 2.08. The van der Waals surface area contributed by atoms with E-state index in [1.165, 1.54) is 6.20 Å². The molecule has 0 atom stereocenters. The summed E-state index contributed by atoms with van der Waals surface area (Å²) in [7, 11) is 1.62. The number of hydrogen-bond acceptors (Lipinski definition) is 5. The van der Waals surface area contributed by atoms with Gasteiger partial charge in [-0.25, -0.2) is 4.68 Å². The second-order valence-corrected chi connectivity index (χ2v) is 2.88. The number of nitrogens with zero attached hydrogens (tertiary/aromatic N) is 3. The van der Waals surface area contributed by atoms with Gasteiger partial charge in [0, 0.05) is 7.11 Å². The molecule has 0 bridgehead atoms. The van der Waals surface area contributed by atoms with Gasteiger partial charge < -0.3 is 15.2 Å². The number of rotatable bonds is 6. The van der Waals surface area contributed by atoms with Crippen molar-refractivity contribution in [3.05, 3.63) is 11.8 Å². The van der Waals surface area contributed by atoms with Crippen LogP contribution in [0.15, 0.2) is 6.20 Å². The molecule has 0 aliphatic rings. The Bertz CT molecular complexity index is 342. The number of hydrogen-bond donors (Lipinski definition) is 1. The number of ether oxygens (including phenoxy) is 2. The van der Waals surface area contributed by atoms with Gasteiger partial charge in [0.1, 0.15) is 17.5 Å². The largest absolute Gasteiger partial charge is 0.383 e. The Labute approximate surface area is 88.2 Å². The Hall–Kier alpha value is -1.58. The average molecular weight is 210 g/mol. The number of aromatic nitrogens is 2. The van der Waals surface area contributed by atoms with E-state index in [-0.39, 0.29) is 0 Å². The fourth-order valence-corrected chi connectivity index (χ4v) is 1.05. The van der Waals surface area contributed by atoms with Gasteiger partial charge in [-0.3, -0.25) is 0 Å². The van der Waals surface area contributed by atoms with Crippen molar-refractivity contribution >= 4 is 5.82 Å². The Morgan fingerprint density at radius 1 is 1.53 bits per heavy atom. The minimum Gasteiger partial charge on any atom is -0.383 e. The van der Waals surface area contributed by atoms with Gasteiger partial charge in [-0.1, -0.05) is 0 Å². The summed E-state index contributed by atoms with van der Waals surface area (Å²) >= 11 is 0. The first-order valence-corrected chi connectivity index (χ1v) is 4.57. The van der Waals surface area contributed by atoms with Crippen LogP contribution in [-0.4, -0.2) is 36.7 Å². The third-order valence-electron chi connectivity index (χ3n) is 1.88. The highest BCUT2D eigenvalue weighted by Gasteiger charge is 2.05. The number of nitrogen functional groups attached to an aromatic ring is 1. The van der Waals surface area contributed by atoms with Gasteiger partial charge >= 0.3 is 0 Å². The second kappa shape index (κ2) is 6.01. The van der Waals surface area contributed by atoms with Gasteiger partial charge in [-0.05, 0) is 0 Å². The van der Waals surface area contributed by atoms with E-state index < -0.39 is 0 Å². The maximum atomic E-state index is 8.64. The quantitative estimate of drug-likeness (QED) is 0.668. The summed E-state index contributed by atoms with van der Waals surface area (Å²) in [6, 6.07) is 1.96. The zero-order valence-electron chi connectivity index (χ0n) is 8.64. The molecule has 0 aromatic carbocycles. The zero-order chi connectivity index (χ0) is 11.1. The van der Waals surface area contributed by atoms with Crippen molar-refractivity contribution < 1.29 is 9.47 Å². The monoisotopic (exact) mass is 210 g/mol. The molecule has 0 fully saturated rings. The maximum Gasteiger partial charge on any atom is 0.139 e. The molecule has 2 N–H and O–H groups in total. The highest BCUT2D eigenvalue weighted by atomic mass is 16.5. The van der Waals surface area contributed by atoms with Crippen molar-refractivity contribution in [2.75, 3.05) is 32.7 Å². The second-order valence-electron chi connectivity index (χ2n) is 2.88. The number of methoxy groups -OCH3 is 1. The molecule has 0 saturated heterocycles. The predicted octanol–water partition coefficient (Wildman–Crippen LogP) is -0.0000200. The van der Waals surface area contributed by atoms with Gasteiger partial charge in [-0.2, -0.15) is 10.4 Å². The van der Waals surface area contributed by atoms with Crippen molar-refractivity contribution in [3.8, 4) is 6.07 Å². The van der Waals surface area contributed by atoms with Crippen LogP contribution in [0.5, 0.6) is 0 Å². The minimum atomic E-state index is 0.382. The van der Waals surface area contributed by atoms with Crippen molar-refractivity contribution in [3.63, 3.8) is 0 Å². The number of nitrogens with two attached hydrogens (primary N) is 1. The first kappa shape index (κ1) is 11.5. The summed E-state index contributed by atoms with van der Waals surface area (Å²) in [6.07, 6.45) is 1.45. The number of nitriles is 1. The lowest BCUT2D eigenvalue weighted by Gasteiger charge is -2.05. The van der Waals surface area contributed by atoms with Crippen molar-refractivity contribution in [1.82, 2.24) is 9.78 Å². The Kier molecular flexibility index (Phi) is 4.60. The first-order chi connectivity index (χ1) is 7.29. The molecule has 0 unspecified atom stereocenters. The zero-order valence-corrected chi connectivity index (χ0v) is 8.64. The van der Waals surface area contributed by atoms with E-state index in [1.807, 2.05) is 6.07 Å². The van der Waals surface area contributed by atoms with Crippen LogP contribution >= 0.6 is 0 Å². The van der Waals surface area contributed by atoms with E-state index in [2.05, 4.69) is 5.10 Å². The van der Waals surface area contributed by atoms with Crippen molar-refractivity contribution in [1.29, 1.82) is 5.26 Å². The van der Waals surface area contributed by atoms with Crippen LogP contribution in [0.2, 0.25) is 0 Å². The van der Waals surface area contributed by atoms with Crippen LogP contribution < -0.4 is 5.73 Å². The molecular formula is C9H14N4O2. The van der Waals surface area contributed by atoms with Crippen molar-refractivity contribution in [2.24, 2.45) is 0 Å². The third kappa shape index (κ3) is 3.23. The molecule has 0 amide bonds. The van der Waals surface area contributed by atoms with E-state index >= 15 is 0 Å². The first-order valence-electron chi connectivity index (χ1n) is 4.57. The molecule has 6 heteroatoms. The molecule has 0 radical (unpaired) electrons. The Morgan fingerprint density at radius 2 is 2.33 bits per heavy atom. The van der Waals surface area contributed by atoms with Gasteiger partial charge in [0.2, 0.25) is 0 Å². The molecule has 0 aliphatic heterocycles. The lowest BCUT2D eigenvalue weighted by atomic mass is 10.4. The van der Waals surface area contributed by atoms with Gasteiger partial charge in [0.05, 0.1) is 32.6 Å². The number of anilines is 1. The summed E-state index contributed by atoms with van der Waals surface area (Å²) in [5, 5.41) is 12.6. The van der Waals surface area contributed by atoms with Crippen LogP contribution in [0.25, 0.3) is 0 Å². The van der Waals surface area contributed by atoms with E-state index in [0.29, 0.717) is 37.7 Å². The highest BCUT2D eigenvalue weighted by molar-refractivity contribution is 5.47. The van der Waals surface area contributed by atoms with E-state index in [1.54, 1.807) is 11.8 Å². The average Bonchev–Trinajstić information content (AvgIpc) is 2.60. The van der Waals surface area contributed by atoms with E-state index in [0.717, 1.165) is 0 Å². The Balaban J connectivity index is 2.32. The van der Waals surface area contributed by atoms with Gasteiger partial charge in [0.15, 0.2) is 0 Å². The van der Waals surface area contributed by atoms with E-state index in [9.17, 15) is 0 Å². The topological polar surface area (TPSA) is 86.1 Å². The molecule has 1 heterocycles. The molecule has 82 valence electrons. The third-order valence-corrected chi connectivity index (χ3v) is 1.88. The van der Waals surface area contributed by atoms with Crippen LogP contribution in [0, 0.1) is 11.3 Å². The van der Waals surface area contributed by atoms with Crippen molar-refractivity contribution in [2.45, 2.75) is 6.54 Å². The summed E-state index contributed by atoms with van der Waals surface area (Å²) in [4.78, 5) is 0. The van der Waals surface area contributed by atoms with Gasteiger partial charge in [0.25, 0.3) is 0 Å². The predicted molar refractivity (Wildman–Crippen MR) is 54.0 cm³/mol.